The molecule has 1 atom stereocenters. The zero-order chi connectivity index (χ0) is 22.4. The number of nitrogens with one attached hydrogen (secondary N) is 2. The van der Waals surface area contributed by atoms with Gasteiger partial charge in [-0.3, -0.25) is 0 Å². The van der Waals surface area contributed by atoms with Gasteiger partial charge in [-0.15, -0.1) is 0 Å². The molecule has 0 spiro atoms. The molecule has 1 aliphatic rings. The van der Waals surface area contributed by atoms with Crippen LogP contribution < -0.4 is 15.4 Å². The maximum Gasteiger partial charge on any atom is 0.338 e. The van der Waals surface area contributed by atoms with Crippen molar-refractivity contribution in [3.05, 3.63) is 76.0 Å². The first-order valence-corrected chi connectivity index (χ1v) is 10.7. The molecule has 0 aromatic heterocycles. The van der Waals surface area contributed by atoms with Gasteiger partial charge in [0, 0.05) is 5.70 Å². The van der Waals surface area contributed by atoms with E-state index in [1.165, 1.54) is 11.1 Å². The van der Waals surface area contributed by atoms with Crippen molar-refractivity contribution < 1.29 is 19.1 Å². The van der Waals surface area contributed by atoms with E-state index in [4.69, 9.17) is 9.47 Å². The van der Waals surface area contributed by atoms with Crippen molar-refractivity contribution in [3.63, 3.8) is 0 Å². The van der Waals surface area contributed by atoms with Crippen LogP contribution in [0.2, 0.25) is 0 Å². The van der Waals surface area contributed by atoms with Gasteiger partial charge in [-0.25, -0.2) is 9.59 Å². The van der Waals surface area contributed by atoms with Gasteiger partial charge in [0.2, 0.25) is 0 Å². The van der Waals surface area contributed by atoms with E-state index in [9.17, 15) is 9.59 Å². The fraction of sp³-hybridized carbons (Fsp3) is 0.360. The van der Waals surface area contributed by atoms with Crippen LogP contribution in [0.3, 0.4) is 0 Å². The Hall–Kier alpha value is -3.28. The number of amides is 2. The first kappa shape index (κ1) is 22.4. The molecule has 3 rings (SSSR count). The first-order chi connectivity index (χ1) is 14.9. The van der Waals surface area contributed by atoms with Gasteiger partial charge in [0.15, 0.2) is 0 Å². The third-order valence-corrected chi connectivity index (χ3v) is 5.24. The number of allylic oxidation sites excluding steroid dienone is 1. The average molecular weight is 423 g/mol. The number of carbonyl (C=O) groups excluding carboxylic acids is 2. The Morgan fingerprint density at radius 1 is 1.10 bits per heavy atom. The quantitative estimate of drug-likeness (QED) is 0.596. The molecular weight excluding hydrogens is 392 g/mol. The lowest BCUT2D eigenvalue weighted by atomic mass is 9.93. The van der Waals surface area contributed by atoms with E-state index in [0.29, 0.717) is 30.0 Å². The summed E-state index contributed by atoms with van der Waals surface area (Å²) in [6.07, 6.45) is 1.38. The van der Waals surface area contributed by atoms with Crippen molar-refractivity contribution in [2.24, 2.45) is 0 Å². The molecule has 164 valence electrons. The molecule has 0 saturated heterocycles. The molecule has 2 aromatic carbocycles. The third kappa shape index (κ3) is 5.45. The number of rotatable bonds is 8. The molecule has 2 N–H and O–H groups in total. The minimum atomic E-state index is -0.599. The second kappa shape index (κ2) is 10.2. The van der Waals surface area contributed by atoms with Gasteiger partial charge in [-0.05, 0) is 56.0 Å². The monoisotopic (exact) mass is 422 g/mol. The van der Waals surface area contributed by atoms with Gasteiger partial charge >= 0.3 is 12.0 Å². The molecule has 6 nitrogen and oxygen atoms in total. The SMILES string of the molecule is CCCC1=C(C(=O)OCC)C(c2cccc(OCc3cc(C)ccc3C)c2)NC(=O)N1. The Bertz CT molecular complexity index is 997. The van der Waals surface area contributed by atoms with E-state index in [-0.39, 0.29) is 12.6 Å². The normalized spacial score (nSPS) is 15.9. The van der Waals surface area contributed by atoms with E-state index < -0.39 is 12.0 Å². The maximum absolute atomic E-state index is 12.7. The zero-order valence-electron chi connectivity index (χ0n) is 18.6. The van der Waals surface area contributed by atoms with Crippen LogP contribution in [-0.4, -0.2) is 18.6 Å². The van der Waals surface area contributed by atoms with E-state index in [1.807, 2.05) is 31.2 Å². The van der Waals surface area contributed by atoms with E-state index in [0.717, 1.165) is 17.5 Å². The van der Waals surface area contributed by atoms with Crippen LogP contribution in [0.5, 0.6) is 5.75 Å². The van der Waals surface area contributed by atoms with Gasteiger partial charge in [0.05, 0.1) is 18.2 Å². The molecule has 0 bridgehead atoms. The van der Waals surface area contributed by atoms with Gasteiger partial charge < -0.3 is 20.1 Å². The molecule has 2 aromatic rings. The summed E-state index contributed by atoms with van der Waals surface area (Å²) in [6, 6.07) is 12.8. The first-order valence-electron chi connectivity index (χ1n) is 10.7. The van der Waals surface area contributed by atoms with Crippen molar-refractivity contribution >= 4 is 12.0 Å². The van der Waals surface area contributed by atoms with Crippen LogP contribution in [0.4, 0.5) is 4.79 Å². The molecule has 0 aliphatic carbocycles. The Labute approximate surface area is 183 Å². The van der Waals surface area contributed by atoms with Gasteiger partial charge in [-0.2, -0.15) is 0 Å². The van der Waals surface area contributed by atoms with Crippen LogP contribution in [0.25, 0.3) is 0 Å². The summed E-state index contributed by atoms with van der Waals surface area (Å²) in [5.74, 6) is 0.247. The van der Waals surface area contributed by atoms with Crippen molar-refractivity contribution in [2.45, 2.75) is 53.2 Å². The van der Waals surface area contributed by atoms with E-state index in [2.05, 4.69) is 42.7 Å². The number of carbonyl (C=O) groups is 2. The van der Waals surface area contributed by atoms with Crippen LogP contribution >= 0.6 is 0 Å². The molecule has 31 heavy (non-hydrogen) atoms. The summed E-state index contributed by atoms with van der Waals surface area (Å²) in [5, 5.41) is 5.64. The van der Waals surface area contributed by atoms with Crippen molar-refractivity contribution in [2.75, 3.05) is 6.61 Å². The standard InChI is InChI=1S/C25H30N2O4/c1-5-8-21-22(24(28)30-6-2)23(27-25(29)26-21)18-9-7-10-20(14-18)31-15-19-13-16(3)11-12-17(19)4/h7,9-14,23H,5-6,8,15H2,1-4H3,(H2,26,27,29). The number of hydrogen-bond donors (Lipinski definition) is 2. The Kier molecular flexibility index (Phi) is 7.34. The highest BCUT2D eigenvalue weighted by atomic mass is 16.5. The Balaban J connectivity index is 1.89. The lowest BCUT2D eigenvalue weighted by Gasteiger charge is -2.29. The smallest absolute Gasteiger partial charge is 0.338 e. The molecule has 1 heterocycles. The molecule has 2 amide bonds. The molecule has 1 unspecified atom stereocenters. The second-order valence-corrected chi connectivity index (χ2v) is 7.69. The summed E-state index contributed by atoms with van der Waals surface area (Å²) in [5.41, 5.74) is 5.29. The number of benzene rings is 2. The summed E-state index contributed by atoms with van der Waals surface area (Å²) in [6.45, 7) is 8.59. The molecule has 6 heteroatoms. The van der Waals surface area contributed by atoms with Crippen LogP contribution in [-0.2, 0) is 16.1 Å². The van der Waals surface area contributed by atoms with Crippen LogP contribution in [0.15, 0.2) is 53.7 Å². The van der Waals surface area contributed by atoms with Crippen molar-refractivity contribution in [3.8, 4) is 5.75 Å². The van der Waals surface area contributed by atoms with E-state index >= 15 is 0 Å². The minimum absolute atomic E-state index is 0.265. The number of esters is 1. The van der Waals surface area contributed by atoms with Crippen LogP contribution in [0.1, 0.15) is 55.0 Å². The average Bonchev–Trinajstić information content (AvgIpc) is 2.74. The summed E-state index contributed by atoms with van der Waals surface area (Å²) >= 11 is 0. The fourth-order valence-corrected chi connectivity index (χ4v) is 3.67. The highest BCUT2D eigenvalue weighted by Crippen LogP contribution is 2.31. The zero-order valence-corrected chi connectivity index (χ0v) is 18.6. The second-order valence-electron chi connectivity index (χ2n) is 7.69. The molecular formula is C25H30N2O4. The minimum Gasteiger partial charge on any atom is -0.489 e. The van der Waals surface area contributed by atoms with Crippen molar-refractivity contribution in [1.29, 1.82) is 0 Å². The third-order valence-electron chi connectivity index (χ3n) is 5.24. The van der Waals surface area contributed by atoms with Crippen molar-refractivity contribution in [1.82, 2.24) is 10.6 Å². The number of urea groups is 1. The molecule has 0 saturated carbocycles. The van der Waals surface area contributed by atoms with Gasteiger partial charge in [-0.1, -0.05) is 49.2 Å². The van der Waals surface area contributed by atoms with Crippen LogP contribution in [0, 0.1) is 13.8 Å². The largest absolute Gasteiger partial charge is 0.489 e. The van der Waals surface area contributed by atoms with Gasteiger partial charge in [0.25, 0.3) is 0 Å². The number of ether oxygens (including phenoxy) is 2. The topological polar surface area (TPSA) is 76.7 Å². The summed E-state index contributed by atoms with van der Waals surface area (Å²) in [7, 11) is 0. The Morgan fingerprint density at radius 3 is 2.65 bits per heavy atom. The Morgan fingerprint density at radius 2 is 1.90 bits per heavy atom. The predicted octanol–water partition coefficient (Wildman–Crippen LogP) is 4.85. The summed E-state index contributed by atoms with van der Waals surface area (Å²) in [4.78, 5) is 25.0. The fourth-order valence-electron chi connectivity index (χ4n) is 3.67. The number of aryl methyl sites for hydroxylation is 2. The maximum atomic E-state index is 12.7. The lowest BCUT2D eigenvalue weighted by Crippen LogP contribution is -2.46. The van der Waals surface area contributed by atoms with Gasteiger partial charge in [0.1, 0.15) is 12.4 Å². The molecule has 0 radical (unpaired) electrons. The summed E-state index contributed by atoms with van der Waals surface area (Å²) < 4.78 is 11.3. The number of hydrogen-bond acceptors (Lipinski definition) is 4. The van der Waals surface area contributed by atoms with E-state index in [1.54, 1.807) is 6.92 Å². The lowest BCUT2D eigenvalue weighted by molar-refractivity contribution is -0.139. The highest BCUT2D eigenvalue weighted by molar-refractivity contribution is 5.95. The molecule has 0 fully saturated rings. The highest BCUT2D eigenvalue weighted by Gasteiger charge is 2.33. The predicted molar refractivity (Wildman–Crippen MR) is 120 cm³/mol. The molecule has 1 aliphatic heterocycles.